The van der Waals surface area contributed by atoms with Crippen LogP contribution in [0, 0.1) is 17.0 Å². The topological polar surface area (TPSA) is 46.2 Å². The molecule has 0 aliphatic rings. The van der Waals surface area contributed by atoms with E-state index >= 15 is 0 Å². The summed E-state index contributed by atoms with van der Waals surface area (Å²) in [5, 5.41) is 0. The van der Waals surface area contributed by atoms with E-state index in [1.165, 1.54) is 0 Å². The third-order valence-electron chi connectivity index (χ3n) is 2.93. The van der Waals surface area contributed by atoms with Gasteiger partial charge in [0.15, 0.2) is 0 Å². The van der Waals surface area contributed by atoms with Crippen molar-refractivity contribution >= 4 is 26.0 Å². The summed E-state index contributed by atoms with van der Waals surface area (Å²) in [5.41, 5.74) is -0.240. The normalized spacial score (nSPS) is 12.7. The van der Waals surface area contributed by atoms with Crippen LogP contribution in [0.2, 0.25) is 0 Å². The molecule has 0 amide bonds. The van der Waals surface area contributed by atoms with Crippen molar-refractivity contribution in [3.8, 4) is 0 Å². The van der Waals surface area contributed by atoms with Gasteiger partial charge in [0.25, 0.3) is 0 Å². The minimum atomic E-state index is -4.02. The lowest BCUT2D eigenvalue weighted by Crippen LogP contribution is -2.34. The molecule has 0 aliphatic heterocycles. The van der Waals surface area contributed by atoms with E-state index < -0.39 is 26.6 Å². The zero-order valence-electron chi connectivity index (χ0n) is 10.9. The van der Waals surface area contributed by atoms with Crippen LogP contribution >= 0.6 is 15.9 Å². The fraction of sp³-hybridized carbons (Fsp3) is 0.500. The quantitative estimate of drug-likeness (QED) is 0.879. The molecule has 0 saturated carbocycles. The zero-order chi connectivity index (χ0) is 14.8. The van der Waals surface area contributed by atoms with Gasteiger partial charge in [0, 0.05) is 17.1 Å². The van der Waals surface area contributed by atoms with Gasteiger partial charge in [-0.05, 0) is 33.8 Å². The Morgan fingerprint density at radius 2 is 1.89 bits per heavy atom. The second kappa shape index (κ2) is 5.85. The van der Waals surface area contributed by atoms with Gasteiger partial charge >= 0.3 is 0 Å². The molecule has 0 heterocycles. The van der Waals surface area contributed by atoms with Gasteiger partial charge in [0.2, 0.25) is 10.0 Å². The van der Waals surface area contributed by atoms with Crippen LogP contribution < -0.4 is 4.72 Å². The van der Waals surface area contributed by atoms with Gasteiger partial charge in [-0.3, -0.25) is 0 Å². The Morgan fingerprint density at radius 1 is 1.32 bits per heavy atom. The largest absolute Gasteiger partial charge is 0.244 e. The van der Waals surface area contributed by atoms with Crippen molar-refractivity contribution in [3.63, 3.8) is 0 Å². The lowest BCUT2D eigenvalue weighted by atomic mass is 9.91. The molecule has 19 heavy (non-hydrogen) atoms. The highest BCUT2D eigenvalue weighted by Gasteiger charge is 2.26. The number of sulfonamides is 1. The van der Waals surface area contributed by atoms with Crippen molar-refractivity contribution in [3.05, 3.63) is 28.2 Å². The number of nitrogens with one attached hydrogen (secondary N) is 1. The molecule has 0 saturated heterocycles. The smallest absolute Gasteiger partial charge is 0.210 e. The molecular weight excluding hydrogens is 340 g/mol. The highest BCUT2D eigenvalue weighted by molar-refractivity contribution is 9.10. The van der Waals surface area contributed by atoms with Crippen LogP contribution in [-0.4, -0.2) is 15.0 Å². The predicted molar refractivity (Wildman–Crippen MR) is 73.3 cm³/mol. The van der Waals surface area contributed by atoms with Crippen LogP contribution in [0.4, 0.5) is 8.78 Å². The van der Waals surface area contributed by atoms with E-state index in [1.807, 2.05) is 20.8 Å². The van der Waals surface area contributed by atoms with Gasteiger partial charge in [0.05, 0.1) is 0 Å². The summed E-state index contributed by atoms with van der Waals surface area (Å²) in [7, 11) is -4.02. The lowest BCUT2D eigenvalue weighted by Gasteiger charge is -2.23. The van der Waals surface area contributed by atoms with E-state index in [0.29, 0.717) is 6.07 Å². The molecule has 7 heteroatoms. The molecule has 0 radical (unpaired) electrons. The van der Waals surface area contributed by atoms with Crippen molar-refractivity contribution in [2.45, 2.75) is 32.1 Å². The van der Waals surface area contributed by atoms with Gasteiger partial charge < -0.3 is 0 Å². The molecule has 3 nitrogen and oxygen atoms in total. The zero-order valence-corrected chi connectivity index (χ0v) is 13.3. The maximum absolute atomic E-state index is 13.6. The molecular formula is C12H16BrF2NO2S. The fourth-order valence-corrected chi connectivity index (χ4v) is 3.68. The van der Waals surface area contributed by atoms with Gasteiger partial charge in [-0.25, -0.2) is 21.9 Å². The van der Waals surface area contributed by atoms with Gasteiger partial charge in [-0.15, -0.1) is 0 Å². The second-order valence-corrected chi connectivity index (χ2v) is 7.60. The number of benzene rings is 1. The first-order valence-electron chi connectivity index (χ1n) is 5.73. The molecule has 1 aromatic carbocycles. The van der Waals surface area contributed by atoms with Gasteiger partial charge in [-0.1, -0.05) is 20.8 Å². The standard InChI is InChI=1S/C12H16BrF2NO2S/c1-4-12(2,3)7-16-19(17,18)11-9(13)5-8(14)6-10(11)15/h5-6,16H,4,7H2,1-3H3. The number of hydrogen-bond acceptors (Lipinski definition) is 2. The minimum Gasteiger partial charge on any atom is -0.210 e. The first-order valence-corrected chi connectivity index (χ1v) is 8.01. The molecule has 1 aromatic rings. The maximum Gasteiger partial charge on any atom is 0.244 e. The number of halogens is 3. The Kier molecular flexibility index (Phi) is 5.08. The molecule has 0 spiro atoms. The van der Waals surface area contributed by atoms with E-state index in [2.05, 4.69) is 20.7 Å². The monoisotopic (exact) mass is 355 g/mol. The van der Waals surface area contributed by atoms with Crippen molar-refractivity contribution < 1.29 is 17.2 Å². The van der Waals surface area contributed by atoms with Crippen molar-refractivity contribution in [2.24, 2.45) is 5.41 Å². The SMILES string of the molecule is CCC(C)(C)CNS(=O)(=O)c1c(F)cc(F)cc1Br. The highest BCUT2D eigenvalue weighted by atomic mass is 79.9. The van der Waals surface area contributed by atoms with Crippen LogP contribution in [0.1, 0.15) is 27.2 Å². The van der Waals surface area contributed by atoms with Gasteiger partial charge in [-0.2, -0.15) is 0 Å². The van der Waals surface area contributed by atoms with E-state index in [1.54, 1.807) is 0 Å². The van der Waals surface area contributed by atoms with Crippen LogP contribution in [0.5, 0.6) is 0 Å². The summed E-state index contributed by atoms with van der Waals surface area (Å²) in [5.74, 6) is -1.95. The van der Waals surface area contributed by atoms with Crippen molar-refractivity contribution in [1.82, 2.24) is 4.72 Å². The molecule has 0 bridgehead atoms. The minimum absolute atomic E-state index is 0.133. The van der Waals surface area contributed by atoms with Crippen molar-refractivity contribution in [2.75, 3.05) is 6.54 Å². The molecule has 1 rings (SSSR count). The summed E-state index contributed by atoms with van der Waals surface area (Å²) in [4.78, 5) is -0.569. The molecule has 0 atom stereocenters. The van der Waals surface area contributed by atoms with Crippen LogP contribution in [0.25, 0.3) is 0 Å². The molecule has 0 unspecified atom stereocenters. The average molecular weight is 356 g/mol. The third kappa shape index (κ3) is 4.22. The second-order valence-electron chi connectivity index (χ2n) is 5.04. The lowest BCUT2D eigenvalue weighted by molar-refractivity contribution is 0.350. The first kappa shape index (κ1) is 16.5. The van der Waals surface area contributed by atoms with Crippen LogP contribution in [0.15, 0.2) is 21.5 Å². The Hall–Kier alpha value is -0.530. The highest BCUT2D eigenvalue weighted by Crippen LogP contribution is 2.27. The Bertz CT molecular complexity index is 550. The van der Waals surface area contributed by atoms with Crippen LogP contribution in [-0.2, 0) is 10.0 Å². The molecule has 0 aromatic heterocycles. The van der Waals surface area contributed by atoms with Gasteiger partial charge in [0.1, 0.15) is 16.5 Å². The summed E-state index contributed by atoms with van der Waals surface area (Å²) in [6.45, 7) is 5.90. The predicted octanol–water partition coefficient (Wildman–Crippen LogP) is 3.44. The summed E-state index contributed by atoms with van der Waals surface area (Å²) in [6.07, 6.45) is 0.766. The van der Waals surface area contributed by atoms with E-state index in [4.69, 9.17) is 0 Å². The Balaban J connectivity index is 3.09. The van der Waals surface area contributed by atoms with Crippen LogP contribution in [0.3, 0.4) is 0 Å². The molecule has 0 fully saturated rings. The molecule has 0 aliphatic carbocycles. The van der Waals surface area contributed by atoms with Crippen molar-refractivity contribution in [1.29, 1.82) is 0 Å². The third-order valence-corrected chi connectivity index (χ3v) is 5.29. The summed E-state index contributed by atoms with van der Waals surface area (Å²) < 4.78 is 52.9. The van der Waals surface area contributed by atoms with E-state index in [9.17, 15) is 17.2 Å². The summed E-state index contributed by atoms with van der Waals surface area (Å²) >= 11 is 2.87. The fourth-order valence-electron chi connectivity index (χ4n) is 1.27. The maximum atomic E-state index is 13.6. The first-order chi connectivity index (χ1) is 8.59. The Morgan fingerprint density at radius 3 is 2.37 bits per heavy atom. The van der Waals surface area contributed by atoms with E-state index in [-0.39, 0.29) is 16.4 Å². The Labute approximate surface area is 120 Å². The summed E-state index contributed by atoms with van der Waals surface area (Å²) in [6, 6.07) is 1.47. The number of hydrogen-bond donors (Lipinski definition) is 1. The van der Waals surface area contributed by atoms with E-state index in [0.717, 1.165) is 12.5 Å². The number of rotatable bonds is 5. The molecule has 1 N–H and O–H groups in total. The molecule has 108 valence electrons. The average Bonchev–Trinajstić information content (AvgIpc) is 2.25.